The van der Waals surface area contributed by atoms with Crippen molar-refractivity contribution in [1.29, 1.82) is 0 Å². The van der Waals surface area contributed by atoms with Gasteiger partial charge in [-0.25, -0.2) is 9.59 Å². The van der Waals surface area contributed by atoms with Crippen LogP contribution in [0.2, 0.25) is 0 Å². The third-order valence-corrected chi connectivity index (χ3v) is 6.82. The zero-order valence-corrected chi connectivity index (χ0v) is 19.9. The second-order valence-electron chi connectivity index (χ2n) is 9.17. The summed E-state index contributed by atoms with van der Waals surface area (Å²) in [5.74, 6) is -1.72. The Labute approximate surface area is 212 Å². The number of aliphatic carboxylic acids is 1. The van der Waals surface area contributed by atoms with E-state index in [0.717, 1.165) is 5.57 Å². The van der Waals surface area contributed by atoms with Crippen molar-refractivity contribution in [3.63, 3.8) is 0 Å². The van der Waals surface area contributed by atoms with Gasteiger partial charge in [-0.15, -0.1) is 0 Å². The van der Waals surface area contributed by atoms with Crippen molar-refractivity contribution in [2.45, 2.75) is 24.9 Å². The normalized spacial score (nSPS) is 18.6. The number of allylic oxidation sites excluding steroid dienone is 2. The highest BCUT2D eigenvalue weighted by Gasteiger charge is 2.34. The molecule has 1 amide bonds. The fourth-order valence-electron chi connectivity index (χ4n) is 4.86. The van der Waals surface area contributed by atoms with Gasteiger partial charge >= 0.3 is 11.6 Å². The number of carbonyl (C=O) groups is 2. The number of benzene rings is 2. The molecule has 8 heteroatoms. The number of hydrogen-bond acceptors (Lipinski definition) is 6. The molecule has 1 aliphatic carbocycles. The van der Waals surface area contributed by atoms with Gasteiger partial charge in [0.25, 0.3) is 5.91 Å². The molecule has 0 spiro atoms. The molecule has 37 heavy (non-hydrogen) atoms. The highest BCUT2D eigenvalue weighted by molar-refractivity contribution is 5.98. The number of carboxylic acids is 1. The van der Waals surface area contributed by atoms with Crippen molar-refractivity contribution in [2.75, 3.05) is 6.54 Å². The van der Waals surface area contributed by atoms with Crippen molar-refractivity contribution in [2.24, 2.45) is 5.92 Å². The fraction of sp³-hybridized carbons (Fsp3) is 0.207. The molecule has 2 unspecified atom stereocenters. The monoisotopic (exact) mass is 498 g/mol. The minimum Gasteiger partial charge on any atom is -0.508 e. The highest BCUT2D eigenvalue weighted by Crippen LogP contribution is 2.29. The van der Waals surface area contributed by atoms with Gasteiger partial charge in [-0.3, -0.25) is 4.79 Å². The maximum Gasteiger partial charge on any atom is 0.349 e. The van der Waals surface area contributed by atoms with E-state index in [1.54, 1.807) is 36.4 Å². The number of nitrogens with zero attached hydrogens (tertiary/aromatic N) is 1. The first-order valence-corrected chi connectivity index (χ1v) is 12.1. The third-order valence-electron chi connectivity index (χ3n) is 6.82. The zero-order chi connectivity index (χ0) is 25.9. The van der Waals surface area contributed by atoms with Crippen LogP contribution in [-0.4, -0.2) is 45.6 Å². The average molecular weight is 499 g/mol. The second-order valence-corrected chi connectivity index (χ2v) is 9.17. The summed E-state index contributed by atoms with van der Waals surface area (Å²) in [4.78, 5) is 40.3. The first kappa shape index (κ1) is 24.1. The summed E-state index contributed by atoms with van der Waals surface area (Å²) in [6.07, 6.45) is 10.4. The Balaban J connectivity index is 1.48. The van der Waals surface area contributed by atoms with Crippen molar-refractivity contribution in [1.82, 2.24) is 10.2 Å². The van der Waals surface area contributed by atoms with E-state index < -0.39 is 23.5 Å². The quantitative estimate of drug-likeness (QED) is 0.406. The van der Waals surface area contributed by atoms with Crippen molar-refractivity contribution < 1.29 is 24.2 Å². The highest BCUT2D eigenvalue weighted by atomic mass is 16.4. The smallest absolute Gasteiger partial charge is 0.349 e. The summed E-state index contributed by atoms with van der Waals surface area (Å²) in [6, 6.07) is 13.4. The molecule has 0 bridgehead atoms. The fourth-order valence-corrected chi connectivity index (χ4v) is 4.86. The topological polar surface area (TPSA) is 120 Å². The molecule has 2 aliphatic rings. The molecule has 1 aliphatic heterocycles. The van der Waals surface area contributed by atoms with E-state index in [2.05, 4.69) is 17.5 Å². The van der Waals surface area contributed by atoms with Crippen LogP contribution in [0.5, 0.6) is 5.75 Å². The maximum atomic E-state index is 13.8. The van der Waals surface area contributed by atoms with Gasteiger partial charge in [0.15, 0.2) is 0 Å². The number of rotatable bonds is 8. The number of aromatic hydroxyl groups is 1. The van der Waals surface area contributed by atoms with E-state index in [9.17, 15) is 24.6 Å². The van der Waals surface area contributed by atoms with Gasteiger partial charge in [0.2, 0.25) is 0 Å². The lowest BCUT2D eigenvalue weighted by molar-refractivity contribution is -0.142. The first-order valence-electron chi connectivity index (χ1n) is 12.1. The molecular weight excluding hydrogens is 472 g/mol. The first-order chi connectivity index (χ1) is 17.9. The van der Waals surface area contributed by atoms with Crippen LogP contribution >= 0.6 is 0 Å². The average Bonchev–Trinajstić information content (AvgIpc) is 3.31. The Bertz CT molecular complexity index is 1480. The summed E-state index contributed by atoms with van der Waals surface area (Å²) < 4.78 is 5.37. The van der Waals surface area contributed by atoms with Crippen LogP contribution in [0.15, 0.2) is 99.9 Å². The molecule has 8 nitrogen and oxygen atoms in total. The molecule has 188 valence electrons. The number of hydrogen-bond donors (Lipinski definition) is 3. The van der Waals surface area contributed by atoms with E-state index in [0.29, 0.717) is 23.0 Å². The molecule has 1 aromatic heterocycles. The number of carboxylic acid groups (broad SMARTS) is 1. The molecule has 0 saturated heterocycles. The van der Waals surface area contributed by atoms with E-state index in [1.807, 2.05) is 18.4 Å². The van der Waals surface area contributed by atoms with Crippen LogP contribution in [0.1, 0.15) is 22.3 Å². The van der Waals surface area contributed by atoms with Gasteiger partial charge in [0.05, 0.1) is 6.04 Å². The SMILES string of the molecule is O=C(O)[C@H](Cc1ccc(O)cc1)N(CCC1=CNC2C=CC=CC12)C(=O)c1cc2ccccc2oc1=O. The molecule has 2 aromatic carbocycles. The van der Waals surface area contributed by atoms with Crippen LogP contribution in [-0.2, 0) is 11.2 Å². The summed E-state index contributed by atoms with van der Waals surface area (Å²) in [5, 5.41) is 23.7. The Kier molecular flexibility index (Phi) is 6.64. The minimum atomic E-state index is -1.24. The summed E-state index contributed by atoms with van der Waals surface area (Å²) in [6.45, 7) is 0.0917. The van der Waals surface area contributed by atoms with Gasteiger partial charge in [-0.2, -0.15) is 0 Å². The summed E-state index contributed by atoms with van der Waals surface area (Å²) in [5.41, 5.74) is 0.996. The predicted molar refractivity (Wildman–Crippen MR) is 138 cm³/mol. The maximum absolute atomic E-state index is 13.8. The van der Waals surface area contributed by atoms with Gasteiger partial charge in [0, 0.05) is 24.3 Å². The Morgan fingerprint density at radius 3 is 2.59 bits per heavy atom. The van der Waals surface area contributed by atoms with E-state index in [-0.39, 0.29) is 36.2 Å². The van der Waals surface area contributed by atoms with Gasteiger partial charge < -0.3 is 24.8 Å². The molecule has 0 radical (unpaired) electrons. The number of phenolic OH excluding ortho intramolecular Hbond substituents is 1. The van der Waals surface area contributed by atoms with Gasteiger partial charge in [-0.05, 0) is 48.0 Å². The summed E-state index contributed by atoms with van der Waals surface area (Å²) in [7, 11) is 0. The molecule has 2 heterocycles. The lowest BCUT2D eigenvalue weighted by atomic mass is 9.89. The van der Waals surface area contributed by atoms with E-state index >= 15 is 0 Å². The molecule has 5 rings (SSSR count). The molecule has 0 fully saturated rings. The van der Waals surface area contributed by atoms with Crippen LogP contribution < -0.4 is 10.9 Å². The zero-order valence-electron chi connectivity index (χ0n) is 19.9. The van der Waals surface area contributed by atoms with Gasteiger partial charge in [0.1, 0.15) is 22.9 Å². The Morgan fingerprint density at radius 2 is 1.81 bits per heavy atom. The minimum absolute atomic E-state index is 0.00621. The van der Waals surface area contributed by atoms with Gasteiger partial charge in [-0.1, -0.05) is 54.6 Å². The van der Waals surface area contributed by atoms with Crippen LogP contribution in [0, 0.1) is 5.92 Å². The Morgan fingerprint density at radius 1 is 1.05 bits per heavy atom. The van der Waals surface area contributed by atoms with E-state index in [1.165, 1.54) is 23.1 Å². The standard InChI is InChI=1S/C29H26N2O6/c32-21-11-9-18(10-12-21)15-25(28(34)35)31(14-13-20-17-30-24-7-3-2-6-22(20)24)27(33)23-16-19-5-1-4-8-26(19)37-29(23)36/h1-12,16-17,22,24-25,30,32H,13-15H2,(H,34,35)/t22?,24?,25-/m0/s1. The second kappa shape index (κ2) is 10.2. The molecule has 3 atom stereocenters. The van der Waals surface area contributed by atoms with Crippen molar-refractivity contribution in [3.05, 3.63) is 112 Å². The molecular formula is C29H26N2O6. The predicted octanol–water partition coefficient (Wildman–Crippen LogP) is 3.62. The number of amides is 1. The number of para-hydroxylation sites is 1. The number of fused-ring (bicyclic) bond motifs is 2. The molecule has 3 N–H and O–H groups in total. The van der Waals surface area contributed by atoms with Crippen molar-refractivity contribution >= 4 is 22.8 Å². The van der Waals surface area contributed by atoms with Crippen LogP contribution in [0.25, 0.3) is 11.0 Å². The van der Waals surface area contributed by atoms with E-state index in [4.69, 9.17) is 4.42 Å². The number of phenols is 1. The molecule has 0 saturated carbocycles. The third kappa shape index (κ3) is 5.04. The Hall–Kier alpha value is -4.59. The summed E-state index contributed by atoms with van der Waals surface area (Å²) >= 11 is 0. The lowest BCUT2D eigenvalue weighted by Crippen LogP contribution is -2.48. The molecule has 3 aromatic rings. The number of carbonyl (C=O) groups excluding carboxylic acids is 1. The van der Waals surface area contributed by atoms with Crippen LogP contribution in [0.3, 0.4) is 0 Å². The number of nitrogens with one attached hydrogen (secondary N) is 1. The van der Waals surface area contributed by atoms with Crippen LogP contribution in [0.4, 0.5) is 0 Å². The van der Waals surface area contributed by atoms with Crippen molar-refractivity contribution in [3.8, 4) is 5.75 Å². The lowest BCUT2D eigenvalue weighted by Gasteiger charge is -2.30. The largest absolute Gasteiger partial charge is 0.508 e.